The maximum atomic E-state index is 12.0. The molecule has 0 bridgehead atoms. The van der Waals surface area contributed by atoms with Crippen LogP contribution < -0.4 is 15.5 Å². The SMILES string of the molecule is CN=C(NCCc1ccccc1)NCc1ccc(N2CCCCC2=O)cc1.I. The number of benzene rings is 2. The first-order valence-corrected chi connectivity index (χ1v) is 9.64. The fourth-order valence-corrected chi connectivity index (χ4v) is 3.25. The Hall–Kier alpha value is -2.09. The van der Waals surface area contributed by atoms with Crippen LogP contribution in [0.1, 0.15) is 30.4 Å². The van der Waals surface area contributed by atoms with Crippen LogP contribution in [0.3, 0.4) is 0 Å². The Morgan fingerprint density at radius 3 is 2.43 bits per heavy atom. The van der Waals surface area contributed by atoms with Gasteiger partial charge in [-0.25, -0.2) is 0 Å². The molecule has 1 amide bonds. The maximum Gasteiger partial charge on any atom is 0.226 e. The molecule has 0 spiro atoms. The summed E-state index contributed by atoms with van der Waals surface area (Å²) in [6, 6.07) is 18.6. The van der Waals surface area contributed by atoms with E-state index < -0.39 is 0 Å². The number of hydrogen-bond acceptors (Lipinski definition) is 2. The van der Waals surface area contributed by atoms with Gasteiger partial charge in [-0.1, -0.05) is 42.5 Å². The molecule has 0 radical (unpaired) electrons. The molecule has 150 valence electrons. The van der Waals surface area contributed by atoms with E-state index in [1.54, 1.807) is 7.05 Å². The van der Waals surface area contributed by atoms with Crippen molar-refractivity contribution < 1.29 is 4.79 Å². The van der Waals surface area contributed by atoms with Gasteiger partial charge in [-0.3, -0.25) is 9.79 Å². The Kier molecular flexibility index (Phi) is 9.27. The highest BCUT2D eigenvalue weighted by molar-refractivity contribution is 14.0. The zero-order chi connectivity index (χ0) is 18.9. The van der Waals surface area contributed by atoms with Crippen molar-refractivity contribution in [2.24, 2.45) is 4.99 Å². The van der Waals surface area contributed by atoms with Gasteiger partial charge in [0.1, 0.15) is 0 Å². The number of guanidine groups is 1. The minimum absolute atomic E-state index is 0. The van der Waals surface area contributed by atoms with Gasteiger partial charge >= 0.3 is 0 Å². The molecule has 1 aliphatic heterocycles. The number of aliphatic imine (C=N–C) groups is 1. The predicted octanol–water partition coefficient (Wildman–Crippen LogP) is 3.73. The van der Waals surface area contributed by atoms with E-state index in [1.807, 2.05) is 23.1 Å². The van der Waals surface area contributed by atoms with Crippen LogP contribution >= 0.6 is 24.0 Å². The average Bonchev–Trinajstić information content (AvgIpc) is 2.72. The zero-order valence-corrected chi connectivity index (χ0v) is 18.7. The molecule has 2 N–H and O–H groups in total. The smallest absolute Gasteiger partial charge is 0.226 e. The number of piperidine rings is 1. The predicted molar refractivity (Wildman–Crippen MR) is 126 cm³/mol. The standard InChI is InChI=1S/C22H28N4O.HI/c1-23-22(24-15-14-18-7-3-2-4-8-18)25-17-19-10-12-20(13-11-19)26-16-6-5-9-21(26)27;/h2-4,7-8,10-13H,5-6,9,14-17H2,1H3,(H2,23,24,25);1H. The molecular weight excluding hydrogens is 463 g/mol. The van der Waals surface area contributed by atoms with Crippen molar-refractivity contribution in [3.63, 3.8) is 0 Å². The largest absolute Gasteiger partial charge is 0.356 e. The Balaban J connectivity index is 0.00000280. The van der Waals surface area contributed by atoms with E-state index in [9.17, 15) is 4.79 Å². The maximum absolute atomic E-state index is 12.0. The number of hydrogen-bond donors (Lipinski definition) is 2. The van der Waals surface area contributed by atoms with Gasteiger partial charge in [0, 0.05) is 38.8 Å². The quantitative estimate of drug-likeness (QED) is 0.367. The third-order valence-corrected chi connectivity index (χ3v) is 4.80. The van der Waals surface area contributed by atoms with Crippen LogP contribution in [-0.4, -0.2) is 32.0 Å². The molecule has 3 rings (SSSR count). The van der Waals surface area contributed by atoms with Gasteiger partial charge < -0.3 is 15.5 Å². The Labute approximate surface area is 184 Å². The van der Waals surface area contributed by atoms with Gasteiger partial charge in [0.2, 0.25) is 5.91 Å². The van der Waals surface area contributed by atoms with Crippen molar-refractivity contribution >= 4 is 41.5 Å². The highest BCUT2D eigenvalue weighted by Gasteiger charge is 2.19. The van der Waals surface area contributed by atoms with E-state index in [0.29, 0.717) is 13.0 Å². The molecule has 1 saturated heterocycles. The van der Waals surface area contributed by atoms with E-state index in [4.69, 9.17) is 0 Å². The first-order chi connectivity index (χ1) is 13.3. The molecule has 5 nitrogen and oxygen atoms in total. The van der Waals surface area contributed by atoms with Crippen LogP contribution in [0.25, 0.3) is 0 Å². The second kappa shape index (κ2) is 11.7. The van der Waals surface area contributed by atoms with Gasteiger partial charge in [-0.05, 0) is 42.5 Å². The second-order valence-electron chi connectivity index (χ2n) is 6.76. The first-order valence-electron chi connectivity index (χ1n) is 9.64. The lowest BCUT2D eigenvalue weighted by atomic mass is 10.1. The van der Waals surface area contributed by atoms with Crippen LogP contribution in [-0.2, 0) is 17.8 Å². The van der Waals surface area contributed by atoms with Crippen molar-refractivity contribution in [3.8, 4) is 0 Å². The molecule has 1 aliphatic rings. The van der Waals surface area contributed by atoms with E-state index in [-0.39, 0.29) is 29.9 Å². The Morgan fingerprint density at radius 1 is 1.00 bits per heavy atom. The summed E-state index contributed by atoms with van der Waals surface area (Å²) in [5.41, 5.74) is 3.46. The van der Waals surface area contributed by atoms with E-state index in [2.05, 4.69) is 52.0 Å². The number of rotatable bonds is 6. The lowest BCUT2D eigenvalue weighted by Crippen LogP contribution is -2.38. The van der Waals surface area contributed by atoms with Crippen LogP contribution in [0, 0.1) is 0 Å². The van der Waals surface area contributed by atoms with Crippen molar-refractivity contribution in [3.05, 3.63) is 65.7 Å². The van der Waals surface area contributed by atoms with Gasteiger partial charge in [0.05, 0.1) is 0 Å². The summed E-state index contributed by atoms with van der Waals surface area (Å²) in [5.74, 6) is 1.02. The lowest BCUT2D eigenvalue weighted by molar-refractivity contribution is -0.119. The van der Waals surface area contributed by atoms with Crippen LogP contribution in [0.4, 0.5) is 5.69 Å². The number of nitrogens with zero attached hydrogens (tertiary/aromatic N) is 2. The van der Waals surface area contributed by atoms with Crippen LogP contribution in [0.15, 0.2) is 59.6 Å². The van der Waals surface area contributed by atoms with E-state index in [1.165, 1.54) is 5.56 Å². The van der Waals surface area contributed by atoms with Crippen molar-refractivity contribution in [2.75, 3.05) is 25.0 Å². The molecule has 6 heteroatoms. The number of nitrogens with one attached hydrogen (secondary N) is 2. The topological polar surface area (TPSA) is 56.7 Å². The number of anilines is 1. The molecule has 2 aromatic rings. The van der Waals surface area contributed by atoms with Gasteiger partial charge in [0.15, 0.2) is 5.96 Å². The number of amides is 1. The molecule has 0 unspecified atom stereocenters. The summed E-state index contributed by atoms with van der Waals surface area (Å²) in [6.45, 7) is 2.35. The third kappa shape index (κ3) is 6.51. The van der Waals surface area contributed by atoms with E-state index >= 15 is 0 Å². The molecule has 0 aromatic heterocycles. The van der Waals surface area contributed by atoms with Crippen LogP contribution in [0.2, 0.25) is 0 Å². The average molecular weight is 492 g/mol. The van der Waals surface area contributed by atoms with Crippen molar-refractivity contribution in [1.29, 1.82) is 0 Å². The van der Waals surface area contributed by atoms with Gasteiger partial charge in [-0.2, -0.15) is 0 Å². The molecule has 28 heavy (non-hydrogen) atoms. The summed E-state index contributed by atoms with van der Waals surface area (Å²) in [5, 5.41) is 6.68. The second-order valence-corrected chi connectivity index (χ2v) is 6.76. The van der Waals surface area contributed by atoms with Gasteiger partial charge in [-0.15, -0.1) is 24.0 Å². The molecule has 1 fully saturated rings. The molecule has 2 aromatic carbocycles. The minimum atomic E-state index is 0. The summed E-state index contributed by atoms with van der Waals surface area (Å²) in [4.78, 5) is 18.2. The third-order valence-electron chi connectivity index (χ3n) is 4.80. The molecule has 0 atom stereocenters. The summed E-state index contributed by atoms with van der Waals surface area (Å²) in [6.07, 6.45) is 3.71. The fraction of sp³-hybridized carbons (Fsp3) is 0.364. The van der Waals surface area contributed by atoms with Crippen LogP contribution in [0.5, 0.6) is 0 Å². The zero-order valence-electron chi connectivity index (χ0n) is 16.4. The molecule has 1 heterocycles. The fourth-order valence-electron chi connectivity index (χ4n) is 3.25. The first kappa shape index (κ1) is 22.2. The monoisotopic (exact) mass is 492 g/mol. The summed E-state index contributed by atoms with van der Waals surface area (Å²) >= 11 is 0. The van der Waals surface area contributed by atoms with Crippen molar-refractivity contribution in [2.45, 2.75) is 32.2 Å². The number of halogens is 1. The normalized spacial score (nSPS) is 14.4. The minimum Gasteiger partial charge on any atom is -0.356 e. The molecular formula is C22H29IN4O. The van der Waals surface area contributed by atoms with Crippen molar-refractivity contribution in [1.82, 2.24) is 10.6 Å². The highest BCUT2D eigenvalue weighted by atomic mass is 127. The van der Waals surface area contributed by atoms with Gasteiger partial charge in [0.25, 0.3) is 0 Å². The summed E-state index contributed by atoms with van der Waals surface area (Å²) < 4.78 is 0. The molecule has 0 aliphatic carbocycles. The van der Waals surface area contributed by atoms with E-state index in [0.717, 1.165) is 49.6 Å². The number of carbonyl (C=O) groups excluding carboxylic acids is 1. The number of carbonyl (C=O) groups is 1. The molecule has 0 saturated carbocycles. The highest BCUT2D eigenvalue weighted by Crippen LogP contribution is 2.21. The summed E-state index contributed by atoms with van der Waals surface area (Å²) in [7, 11) is 1.78. The Bertz CT molecular complexity index is 762. The Morgan fingerprint density at radius 2 is 1.75 bits per heavy atom. The lowest BCUT2D eigenvalue weighted by Gasteiger charge is -2.26.